The zero-order chi connectivity index (χ0) is 23.3. The second-order valence-corrected chi connectivity index (χ2v) is 8.72. The molecule has 1 aromatic heterocycles. The van der Waals surface area contributed by atoms with Gasteiger partial charge >= 0.3 is 0 Å². The lowest BCUT2D eigenvalue weighted by molar-refractivity contribution is -0.116. The van der Waals surface area contributed by atoms with Gasteiger partial charge in [-0.3, -0.25) is 19.4 Å². The van der Waals surface area contributed by atoms with Crippen LogP contribution < -0.4 is 16.2 Å². The van der Waals surface area contributed by atoms with Crippen LogP contribution in [0.5, 0.6) is 0 Å². The molecule has 0 aliphatic carbocycles. The SMILES string of the molecule is CCC(=O)Nc1ccc(C)cc1-c1nnc(S[C@H](C)C(=O)Nc2ccccc2Cl)[nH]c1=O. The highest BCUT2D eigenvalue weighted by molar-refractivity contribution is 8.00. The molecule has 3 aromatic rings. The van der Waals surface area contributed by atoms with Gasteiger partial charge in [0.05, 0.1) is 21.6 Å². The topological polar surface area (TPSA) is 117 Å². The minimum absolute atomic E-state index is 0.0811. The fraction of sp³-hybridized carbons (Fsp3) is 0.227. The van der Waals surface area contributed by atoms with E-state index in [-0.39, 0.29) is 22.7 Å². The average molecular weight is 472 g/mol. The molecule has 0 aliphatic rings. The van der Waals surface area contributed by atoms with Crippen molar-refractivity contribution in [1.29, 1.82) is 0 Å². The van der Waals surface area contributed by atoms with Gasteiger partial charge in [0, 0.05) is 12.0 Å². The number of thioether (sulfide) groups is 1. The first-order chi connectivity index (χ1) is 15.3. The van der Waals surface area contributed by atoms with E-state index >= 15 is 0 Å². The van der Waals surface area contributed by atoms with E-state index in [0.29, 0.717) is 28.4 Å². The van der Waals surface area contributed by atoms with Crippen molar-refractivity contribution in [2.75, 3.05) is 10.6 Å². The number of para-hydroxylation sites is 1. The predicted molar refractivity (Wildman–Crippen MR) is 127 cm³/mol. The Morgan fingerprint density at radius 2 is 1.88 bits per heavy atom. The second-order valence-electron chi connectivity index (χ2n) is 6.99. The first kappa shape index (κ1) is 23.5. The van der Waals surface area contributed by atoms with Crippen LogP contribution in [0.25, 0.3) is 11.3 Å². The lowest BCUT2D eigenvalue weighted by Crippen LogP contribution is -2.24. The highest BCUT2D eigenvalue weighted by Gasteiger charge is 2.19. The molecule has 0 radical (unpaired) electrons. The summed E-state index contributed by atoms with van der Waals surface area (Å²) in [4.78, 5) is 39.7. The zero-order valence-electron chi connectivity index (χ0n) is 17.7. The van der Waals surface area contributed by atoms with E-state index in [0.717, 1.165) is 17.3 Å². The molecular weight excluding hydrogens is 450 g/mol. The van der Waals surface area contributed by atoms with Crippen LogP contribution in [0.3, 0.4) is 0 Å². The number of nitrogens with zero attached hydrogens (tertiary/aromatic N) is 2. The van der Waals surface area contributed by atoms with Crippen LogP contribution in [0.1, 0.15) is 25.8 Å². The van der Waals surface area contributed by atoms with Crippen LogP contribution >= 0.6 is 23.4 Å². The van der Waals surface area contributed by atoms with E-state index in [2.05, 4.69) is 25.8 Å². The average Bonchev–Trinajstić information content (AvgIpc) is 2.76. The van der Waals surface area contributed by atoms with Gasteiger partial charge < -0.3 is 10.6 Å². The molecule has 32 heavy (non-hydrogen) atoms. The Morgan fingerprint density at radius 1 is 1.12 bits per heavy atom. The van der Waals surface area contributed by atoms with Crippen molar-refractivity contribution < 1.29 is 9.59 Å². The van der Waals surface area contributed by atoms with Crippen molar-refractivity contribution in [3.63, 3.8) is 0 Å². The van der Waals surface area contributed by atoms with Gasteiger partial charge in [-0.1, -0.05) is 54.0 Å². The minimum atomic E-state index is -0.569. The van der Waals surface area contributed by atoms with Gasteiger partial charge in [0.15, 0.2) is 10.9 Å². The molecule has 3 rings (SSSR count). The molecule has 0 aliphatic heterocycles. The van der Waals surface area contributed by atoms with E-state index in [9.17, 15) is 14.4 Å². The molecule has 0 saturated heterocycles. The van der Waals surface area contributed by atoms with E-state index in [1.54, 1.807) is 50.2 Å². The number of amides is 2. The molecule has 0 fully saturated rings. The Bertz CT molecular complexity index is 1210. The van der Waals surface area contributed by atoms with Crippen molar-refractivity contribution in [3.8, 4) is 11.3 Å². The van der Waals surface area contributed by atoms with Gasteiger partial charge in [0.1, 0.15) is 0 Å². The number of carbonyl (C=O) groups excluding carboxylic acids is 2. The van der Waals surface area contributed by atoms with Crippen molar-refractivity contribution >= 4 is 46.6 Å². The van der Waals surface area contributed by atoms with Crippen molar-refractivity contribution in [3.05, 3.63) is 63.4 Å². The third-order valence-electron chi connectivity index (χ3n) is 4.49. The van der Waals surface area contributed by atoms with Gasteiger partial charge in [0.2, 0.25) is 11.8 Å². The highest BCUT2D eigenvalue weighted by atomic mass is 35.5. The van der Waals surface area contributed by atoms with Crippen LogP contribution in [0, 0.1) is 6.92 Å². The predicted octanol–water partition coefficient (Wildman–Crippen LogP) is 4.26. The summed E-state index contributed by atoms with van der Waals surface area (Å²) in [6.07, 6.45) is 0.305. The molecule has 0 bridgehead atoms. The number of rotatable bonds is 7. The summed E-state index contributed by atoms with van der Waals surface area (Å²) in [5.74, 6) is -0.469. The maximum atomic E-state index is 12.7. The number of aromatic nitrogens is 3. The molecule has 0 spiro atoms. The van der Waals surface area contributed by atoms with Crippen molar-refractivity contribution in [2.24, 2.45) is 0 Å². The Morgan fingerprint density at radius 3 is 2.56 bits per heavy atom. The molecule has 8 nitrogen and oxygen atoms in total. The number of carbonyl (C=O) groups is 2. The third kappa shape index (κ3) is 5.74. The van der Waals surface area contributed by atoms with Crippen LogP contribution in [-0.2, 0) is 9.59 Å². The summed E-state index contributed by atoms with van der Waals surface area (Å²) in [6.45, 7) is 5.30. The van der Waals surface area contributed by atoms with E-state index < -0.39 is 10.8 Å². The fourth-order valence-electron chi connectivity index (χ4n) is 2.77. The van der Waals surface area contributed by atoms with Gasteiger partial charge in [-0.25, -0.2) is 0 Å². The Kier molecular flexibility index (Phi) is 7.66. The largest absolute Gasteiger partial charge is 0.325 e. The summed E-state index contributed by atoms with van der Waals surface area (Å²) >= 11 is 7.14. The highest BCUT2D eigenvalue weighted by Crippen LogP contribution is 2.27. The van der Waals surface area contributed by atoms with E-state index in [1.165, 1.54) is 0 Å². The molecular formula is C22H22ClN5O3S. The lowest BCUT2D eigenvalue weighted by Gasteiger charge is -2.13. The van der Waals surface area contributed by atoms with Gasteiger partial charge in [0.25, 0.3) is 5.56 Å². The Labute approximate surface area is 194 Å². The smallest absolute Gasteiger partial charge is 0.278 e. The van der Waals surface area contributed by atoms with Gasteiger partial charge in [-0.05, 0) is 38.1 Å². The summed E-state index contributed by atoms with van der Waals surface area (Å²) in [5, 5.41) is 13.7. The molecule has 166 valence electrons. The van der Waals surface area contributed by atoms with Gasteiger partial charge in [-0.2, -0.15) is 0 Å². The number of anilines is 2. The lowest BCUT2D eigenvalue weighted by atomic mass is 10.1. The number of nitrogens with one attached hydrogen (secondary N) is 3. The molecule has 2 amide bonds. The van der Waals surface area contributed by atoms with Crippen LogP contribution in [0.4, 0.5) is 11.4 Å². The van der Waals surface area contributed by atoms with Crippen LogP contribution in [-0.4, -0.2) is 32.2 Å². The number of aryl methyl sites for hydroxylation is 1. The molecule has 0 saturated carbocycles. The summed E-state index contributed by atoms with van der Waals surface area (Å²) in [6, 6.07) is 12.2. The Hall–Kier alpha value is -3.17. The van der Waals surface area contributed by atoms with Crippen molar-refractivity contribution in [1.82, 2.24) is 15.2 Å². The quantitative estimate of drug-likeness (QED) is 0.443. The molecule has 3 N–H and O–H groups in total. The van der Waals surface area contributed by atoms with Crippen LogP contribution in [0.2, 0.25) is 5.02 Å². The summed E-state index contributed by atoms with van der Waals surface area (Å²) in [7, 11) is 0. The maximum Gasteiger partial charge on any atom is 0.278 e. The maximum absolute atomic E-state index is 12.7. The number of aromatic amines is 1. The number of H-pyrrole nitrogens is 1. The van der Waals surface area contributed by atoms with Crippen molar-refractivity contribution in [2.45, 2.75) is 37.6 Å². The molecule has 10 heteroatoms. The zero-order valence-corrected chi connectivity index (χ0v) is 19.3. The van der Waals surface area contributed by atoms with E-state index in [1.807, 2.05) is 13.0 Å². The first-order valence-corrected chi connectivity index (χ1v) is 11.1. The number of benzene rings is 2. The third-order valence-corrected chi connectivity index (χ3v) is 5.80. The molecule has 1 heterocycles. The Balaban J connectivity index is 1.79. The van der Waals surface area contributed by atoms with E-state index in [4.69, 9.17) is 11.6 Å². The van der Waals surface area contributed by atoms with Gasteiger partial charge in [-0.15, -0.1) is 10.2 Å². The standard InChI is InChI=1S/C22H22ClN5O3S/c1-4-18(29)24-16-10-9-12(2)11-14(16)19-21(31)26-22(28-27-19)32-13(3)20(30)25-17-8-6-5-7-15(17)23/h5-11,13H,4H2,1-3H3,(H,24,29)(H,25,30)(H,26,28,31)/t13-/m1/s1. The fourth-order valence-corrected chi connectivity index (χ4v) is 3.69. The monoisotopic (exact) mass is 471 g/mol. The number of halogens is 1. The number of hydrogen-bond donors (Lipinski definition) is 3. The minimum Gasteiger partial charge on any atom is -0.325 e. The molecule has 0 unspecified atom stereocenters. The number of hydrogen-bond acceptors (Lipinski definition) is 6. The normalized spacial score (nSPS) is 11.6. The van der Waals surface area contributed by atoms with Crippen LogP contribution in [0.15, 0.2) is 52.4 Å². The summed E-state index contributed by atoms with van der Waals surface area (Å²) < 4.78 is 0. The molecule has 2 aromatic carbocycles. The summed E-state index contributed by atoms with van der Waals surface area (Å²) in [5.41, 5.74) is 1.97. The second kappa shape index (κ2) is 10.4. The molecule has 1 atom stereocenters. The first-order valence-electron chi connectivity index (χ1n) is 9.88.